The van der Waals surface area contributed by atoms with E-state index < -0.39 is 11.6 Å². The number of hydrogen-bond acceptors (Lipinski definition) is 2. The van der Waals surface area contributed by atoms with Gasteiger partial charge in [0.15, 0.2) is 0 Å². The van der Waals surface area contributed by atoms with E-state index in [-0.39, 0.29) is 5.56 Å². The molecular formula is C19H20F2O2. The molecule has 2 aromatic carbocycles. The fraction of sp³-hybridized carbons (Fsp3) is 0.263. The Hall–Kier alpha value is -2.36. The minimum absolute atomic E-state index is 0.0666. The van der Waals surface area contributed by atoms with Crippen molar-refractivity contribution in [2.45, 2.75) is 19.8 Å². The Morgan fingerprint density at radius 1 is 0.957 bits per heavy atom. The number of rotatable bonds is 6. The van der Waals surface area contributed by atoms with Crippen LogP contribution >= 0.6 is 0 Å². The molecule has 0 unspecified atom stereocenters. The summed E-state index contributed by atoms with van der Waals surface area (Å²) in [6, 6.07) is 7.47. The van der Waals surface area contributed by atoms with Gasteiger partial charge in [0.2, 0.25) is 0 Å². The largest absolute Gasteiger partial charge is 0.496 e. The van der Waals surface area contributed by atoms with Gasteiger partial charge in [-0.05, 0) is 42.3 Å². The topological polar surface area (TPSA) is 18.5 Å². The molecule has 2 rings (SSSR count). The lowest BCUT2D eigenvalue weighted by Gasteiger charge is -2.14. The Kier molecular flexibility index (Phi) is 5.74. The molecule has 122 valence electrons. The van der Waals surface area contributed by atoms with Crippen LogP contribution in [0, 0.1) is 11.6 Å². The minimum atomic E-state index is -0.595. The SMILES string of the molecule is CCCc1c(OC)cc(/C=C/c2c(F)cccc2F)cc1OC. The summed E-state index contributed by atoms with van der Waals surface area (Å²) in [7, 11) is 3.19. The van der Waals surface area contributed by atoms with Crippen molar-refractivity contribution in [1.82, 2.24) is 0 Å². The van der Waals surface area contributed by atoms with Crippen molar-refractivity contribution in [1.29, 1.82) is 0 Å². The Labute approximate surface area is 135 Å². The van der Waals surface area contributed by atoms with E-state index >= 15 is 0 Å². The van der Waals surface area contributed by atoms with E-state index in [9.17, 15) is 8.78 Å². The maximum Gasteiger partial charge on any atom is 0.133 e. The van der Waals surface area contributed by atoms with Crippen LogP contribution in [0.25, 0.3) is 12.2 Å². The zero-order chi connectivity index (χ0) is 16.8. The van der Waals surface area contributed by atoms with Gasteiger partial charge in [-0.2, -0.15) is 0 Å². The van der Waals surface area contributed by atoms with Crippen molar-refractivity contribution in [2.24, 2.45) is 0 Å². The normalized spacial score (nSPS) is 11.0. The van der Waals surface area contributed by atoms with Crippen molar-refractivity contribution in [3.63, 3.8) is 0 Å². The molecule has 0 atom stereocenters. The van der Waals surface area contributed by atoms with E-state index in [1.165, 1.54) is 24.3 Å². The summed E-state index contributed by atoms with van der Waals surface area (Å²) in [5, 5.41) is 0. The van der Waals surface area contributed by atoms with Crippen molar-refractivity contribution in [3.05, 3.63) is 58.7 Å². The molecule has 0 aliphatic heterocycles. The van der Waals surface area contributed by atoms with E-state index in [1.54, 1.807) is 20.3 Å². The summed E-state index contributed by atoms with van der Waals surface area (Å²) in [4.78, 5) is 0. The molecule has 0 radical (unpaired) electrons. The van der Waals surface area contributed by atoms with Crippen molar-refractivity contribution in [2.75, 3.05) is 14.2 Å². The molecule has 0 aromatic heterocycles. The highest BCUT2D eigenvalue weighted by atomic mass is 19.1. The van der Waals surface area contributed by atoms with Gasteiger partial charge in [0, 0.05) is 11.1 Å². The standard InChI is InChI=1S/C19H20F2O2/c1-4-6-15-18(22-2)11-13(12-19(15)23-3)9-10-14-16(20)7-5-8-17(14)21/h5,7-12H,4,6H2,1-3H3/b10-9+. The van der Waals surface area contributed by atoms with E-state index in [1.807, 2.05) is 12.1 Å². The van der Waals surface area contributed by atoms with Gasteiger partial charge < -0.3 is 9.47 Å². The second kappa shape index (κ2) is 7.77. The molecule has 2 nitrogen and oxygen atoms in total. The van der Waals surface area contributed by atoms with Crippen molar-refractivity contribution in [3.8, 4) is 11.5 Å². The van der Waals surface area contributed by atoms with Gasteiger partial charge in [-0.15, -0.1) is 0 Å². The summed E-state index contributed by atoms with van der Waals surface area (Å²) in [6.07, 6.45) is 4.85. The first-order valence-electron chi connectivity index (χ1n) is 7.47. The molecule has 0 fully saturated rings. The first-order chi connectivity index (χ1) is 11.1. The van der Waals surface area contributed by atoms with Crippen molar-refractivity contribution < 1.29 is 18.3 Å². The highest BCUT2D eigenvalue weighted by Crippen LogP contribution is 2.32. The first kappa shape index (κ1) is 17.0. The summed E-state index contributed by atoms with van der Waals surface area (Å²) in [5.74, 6) is 0.227. The molecule has 23 heavy (non-hydrogen) atoms. The maximum absolute atomic E-state index is 13.7. The number of hydrogen-bond donors (Lipinski definition) is 0. The third-order valence-electron chi connectivity index (χ3n) is 3.57. The average molecular weight is 318 g/mol. The predicted molar refractivity (Wildman–Crippen MR) is 88.8 cm³/mol. The zero-order valence-electron chi connectivity index (χ0n) is 13.5. The fourth-order valence-corrected chi connectivity index (χ4v) is 2.45. The Morgan fingerprint density at radius 3 is 2.00 bits per heavy atom. The fourth-order valence-electron chi connectivity index (χ4n) is 2.45. The molecule has 0 aliphatic carbocycles. The summed E-state index contributed by atoms with van der Waals surface area (Å²) in [5.41, 5.74) is 1.68. The zero-order valence-corrected chi connectivity index (χ0v) is 13.5. The Bertz CT molecular complexity index is 663. The molecular weight excluding hydrogens is 298 g/mol. The van der Waals surface area contributed by atoms with Crippen LogP contribution in [0.3, 0.4) is 0 Å². The number of methoxy groups -OCH3 is 2. The molecule has 4 heteroatoms. The Morgan fingerprint density at radius 2 is 1.52 bits per heavy atom. The molecule has 0 amide bonds. The van der Waals surface area contributed by atoms with Crippen LogP contribution in [0.4, 0.5) is 8.78 Å². The molecule has 0 bridgehead atoms. The quantitative estimate of drug-likeness (QED) is 0.690. The van der Waals surface area contributed by atoms with Crippen LogP contribution in [0.1, 0.15) is 30.0 Å². The summed E-state index contributed by atoms with van der Waals surface area (Å²) < 4.78 is 38.2. The van der Waals surface area contributed by atoms with Gasteiger partial charge in [-0.3, -0.25) is 0 Å². The van der Waals surface area contributed by atoms with Crippen molar-refractivity contribution >= 4 is 12.2 Å². The smallest absolute Gasteiger partial charge is 0.133 e. The summed E-state index contributed by atoms with van der Waals surface area (Å²) in [6.45, 7) is 2.08. The molecule has 2 aromatic rings. The lowest BCUT2D eigenvalue weighted by molar-refractivity contribution is 0.385. The highest BCUT2D eigenvalue weighted by Gasteiger charge is 2.11. The van der Waals surface area contributed by atoms with E-state index in [0.717, 1.165) is 24.0 Å². The van der Waals surface area contributed by atoms with E-state index in [0.29, 0.717) is 11.5 Å². The molecule has 0 heterocycles. The average Bonchev–Trinajstić information content (AvgIpc) is 2.55. The Balaban J connectivity index is 2.42. The lowest BCUT2D eigenvalue weighted by atomic mass is 10.0. The van der Waals surface area contributed by atoms with Crippen LogP contribution in [-0.4, -0.2) is 14.2 Å². The van der Waals surface area contributed by atoms with Gasteiger partial charge in [-0.25, -0.2) is 8.78 Å². The summed E-state index contributed by atoms with van der Waals surface area (Å²) >= 11 is 0. The van der Waals surface area contributed by atoms with Crippen LogP contribution in [0.5, 0.6) is 11.5 Å². The van der Waals surface area contributed by atoms with Crippen LogP contribution in [0.2, 0.25) is 0 Å². The maximum atomic E-state index is 13.7. The second-order valence-corrected chi connectivity index (χ2v) is 5.12. The highest BCUT2D eigenvalue weighted by molar-refractivity contribution is 5.72. The number of halogens is 2. The molecule has 0 aliphatic rings. The van der Waals surface area contributed by atoms with Gasteiger partial charge in [0.1, 0.15) is 23.1 Å². The monoisotopic (exact) mass is 318 g/mol. The molecule has 0 N–H and O–H groups in total. The van der Waals surface area contributed by atoms with E-state index in [4.69, 9.17) is 9.47 Å². The second-order valence-electron chi connectivity index (χ2n) is 5.12. The lowest BCUT2D eigenvalue weighted by Crippen LogP contribution is -1.97. The minimum Gasteiger partial charge on any atom is -0.496 e. The third kappa shape index (κ3) is 3.89. The van der Waals surface area contributed by atoms with Crippen LogP contribution < -0.4 is 9.47 Å². The first-order valence-corrected chi connectivity index (χ1v) is 7.47. The molecule has 0 spiro atoms. The van der Waals surface area contributed by atoms with Gasteiger partial charge in [0.05, 0.1) is 14.2 Å². The van der Waals surface area contributed by atoms with E-state index in [2.05, 4.69) is 6.92 Å². The van der Waals surface area contributed by atoms with Gasteiger partial charge in [0.25, 0.3) is 0 Å². The third-order valence-corrected chi connectivity index (χ3v) is 3.57. The molecule has 0 saturated carbocycles. The number of benzene rings is 2. The predicted octanol–water partition coefficient (Wildman–Crippen LogP) is 5.10. The van der Waals surface area contributed by atoms with Crippen LogP contribution in [-0.2, 0) is 6.42 Å². The molecule has 0 saturated heterocycles. The van der Waals surface area contributed by atoms with Crippen LogP contribution in [0.15, 0.2) is 30.3 Å². The van der Waals surface area contributed by atoms with Gasteiger partial charge >= 0.3 is 0 Å². The van der Waals surface area contributed by atoms with Gasteiger partial charge in [-0.1, -0.05) is 25.5 Å². The number of ether oxygens (including phenoxy) is 2.